The lowest BCUT2D eigenvalue weighted by Crippen LogP contribution is -2.37. The molecule has 2 atom stereocenters. The molecule has 2 aliphatic rings. The number of carbonyl (C=O) groups is 1. The van der Waals surface area contributed by atoms with E-state index in [9.17, 15) is 4.79 Å². The lowest BCUT2D eigenvalue weighted by atomic mass is 9.74. The Morgan fingerprint density at radius 2 is 2.09 bits per heavy atom. The standard InChI is InChI=1S/C25H27N5O2/c1-15-8-17-9-16(4-5-22(17)32-15)10-23(31)29-19-11-25(2,3)12-20-18(19)13-28-24(30-20)21-14-26-6-7-27-21/h4-7,9,13-15,19H,8,10-12H2,1-3H3,(H,29,31)/t15-,19-/m1/s1. The molecule has 0 radical (unpaired) electrons. The highest BCUT2D eigenvalue weighted by Crippen LogP contribution is 2.40. The molecule has 1 amide bonds. The number of fused-ring (bicyclic) bond motifs is 2. The molecule has 1 aliphatic heterocycles. The first-order valence-corrected chi connectivity index (χ1v) is 11.1. The summed E-state index contributed by atoms with van der Waals surface area (Å²) in [5.41, 5.74) is 4.79. The monoisotopic (exact) mass is 429 g/mol. The third-order valence-electron chi connectivity index (χ3n) is 6.13. The van der Waals surface area contributed by atoms with Gasteiger partial charge in [0.05, 0.1) is 24.4 Å². The van der Waals surface area contributed by atoms with Crippen LogP contribution in [0, 0.1) is 5.41 Å². The molecule has 32 heavy (non-hydrogen) atoms. The van der Waals surface area contributed by atoms with Crippen molar-refractivity contribution in [1.82, 2.24) is 25.3 Å². The fourth-order valence-corrected chi connectivity index (χ4v) is 4.73. The lowest BCUT2D eigenvalue weighted by molar-refractivity contribution is -0.121. The summed E-state index contributed by atoms with van der Waals surface area (Å²) in [6.07, 6.45) is 9.86. The molecule has 0 fully saturated rings. The fourth-order valence-electron chi connectivity index (χ4n) is 4.73. The largest absolute Gasteiger partial charge is 0.490 e. The number of hydrogen-bond donors (Lipinski definition) is 1. The summed E-state index contributed by atoms with van der Waals surface area (Å²) >= 11 is 0. The van der Waals surface area contributed by atoms with Crippen molar-refractivity contribution in [3.05, 3.63) is 65.4 Å². The molecule has 164 valence electrons. The molecule has 7 nitrogen and oxygen atoms in total. The predicted octanol–water partition coefficient (Wildman–Crippen LogP) is 3.63. The van der Waals surface area contributed by atoms with Gasteiger partial charge in [-0.2, -0.15) is 0 Å². The molecular weight excluding hydrogens is 402 g/mol. The topological polar surface area (TPSA) is 89.9 Å². The van der Waals surface area contributed by atoms with E-state index < -0.39 is 0 Å². The van der Waals surface area contributed by atoms with Crippen LogP contribution in [0.1, 0.15) is 55.6 Å². The zero-order valence-electron chi connectivity index (χ0n) is 18.6. The third kappa shape index (κ3) is 4.20. The lowest BCUT2D eigenvalue weighted by Gasteiger charge is -2.36. The van der Waals surface area contributed by atoms with Gasteiger partial charge in [-0.15, -0.1) is 0 Å². The zero-order valence-corrected chi connectivity index (χ0v) is 18.6. The normalized spacial score (nSPS) is 20.7. The Balaban J connectivity index is 1.35. The van der Waals surface area contributed by atoms with Gasteiger partial charge in [-0.3, -0.25) is 9.78 Å². The SMILES string of the molecule is C[C@@H]1Cc2cc(CC(=O)N[C@@H]3CC(C)(C)Cc4nc(-c5cnccn5)ncc43)ccc2O1. The number of nitrogens with one attached hydrogen (secondary N) is 1. The van der Waals surface area contributed by atoms with Crippen LogP contribution in [-0.2, 0) is 24.1 Å². The molecule has 3 aromatic rings. The number of carbonyl (C=O) groups excluding carboxylic acids is 1. The average Bonchev–Trinajstić information content (AvgIpc) is 3.12. The summed E-state index contributed by atoms with van der Waals surface area (Å²) in [5, 5.41) is 3.24. The van der Waals surface area contributed by atoms with Gasteiger partial charge in [0.1, 0.15) is 17.5 Å². The molecule has 2 aromatic heterocycles. The van der Waals surface area contributed by atoms with Gasteiger partial charge in [0.25, 0.3) is 0 Å². The molecule has 0 saturated carbocycles. The Hall–Kier alpha value is -3.35. The summed E-state index contributed by atoms with van der Waals surface area (Å²) in [4.78, 5) is 30.7. The first-order chi connectivity index (χ1) is 15.4. The third-order valence-corrected chi connectivity index (χ3v) is 6.13. The Kier molecular flexibility index (Phi) is 5.12. The molecule has 1 aliphatic carbocycles. The predicted molar refractivity (Wildman–Crippen MR) is 120 cm³/mol. The first-order valence-electron chi connectivity index (χ1n) is 11.1. The van der Waals surface area contributed by atoms with Gasteiger partial charge >= 0.3 is 0 Å². The Morgan fingerprint density at radius 3 is 2.91 bits per heavy atom. The maximum atomic E-state index is 13.0. The van der Waals surface area contributed by atoms with Crippen molar-refractivity contribution in [2.24, 2.45) is 5.41 Å². The molecule has 3 heterocycles. The highest BCUT2D eigenvalue weighted by Gasteiger charge is 2.34. The highest BCUT2D eigenvalue weighted by atomic mass is 16.5. The van der Waals surface area contributed by atoms with E-state index in [1.165, 1.54) is 5.56 Å². The van der Waals surface area contributed by atoms with Crippen molar-refractivity contribution in [3.8, 4) is 17.3 Å². The van der Waals surface area contributed by atoms with E-state index in [-0.39, 0.29) is 23.5 Å². The second-order valence-electron chi connectivity index (χ2n) is 9.60. The molecule has 1 aromatic carbocycles. The van der Waals surface area contributed by atoms with Gasteiger partial charge in [0.2, 0.25) is 5.91 Å². The number of ether oxygens (including phenoxy) is 1. The van der Waals surface area contributed by atoms with E-state index in [0.29, 0.717) is 17.9 Å². The minimum absolute atomic E-state index is 0.00330. The van der Waals surface area contributed by atoms with Crippen LogP contribution in [0.3, 0.4) is 0 Å². The van der Waals surface area contributed by atoms with Crippen LogP contribution < -0.4 is 10.1 Å². The van der Waals surface area contributed by atoms with Crippen LogP contribution in [-0.4, -0.2) is 31.9 Å². The number of benzene rings is 1. The Labute approximate surface area is 187 Å². The first kappa shape index (κ1) is 20.5. The number of amides is 1. The molecule has 1 N–H and O–H groups in total. The van der Waals surface area contributed by atoms with Gasteiger partial charge in [-0.05, 0) is 42.4 Å². The Morgan fingerprint density at radius 1 is 1.22 bits per heavy atom. The number of rotatable bonds is 4. The van der Waals surface area contributed by atoms with Crippen molar-refractivity contribution >= 4 is 5.91 Å². The Bertz CT molecular complexity index is 1160. The van der Waals surface area contributed by atoms with Gasteiger partial charge in [-0.1, -0.05) is 26.0 Å². The maximum absolute atomic E-state index is 13.0. The van der Waals surface area contributed by atoms with Crippen LogP contribution in [0.25, 0.3) is 11.5 Å². The van der Waals surface area contributed by atoms with Gasteiger partial charge < -0.3 is 10.1 Å². The van der Waals surface area contributed by atoms with Gasteiger partial charge in [0, 0.05) is 30.6 Å². The fraction of sp³-hybridized carbons (Fsp3) is 0.400. The molecule has 0 bridgehead atoms. The highest BCUT2D eigenvalue weighted by molar-refractivity contribution is 5.79. The summed E-state index contributed by atoms with van der Waals surface area (Å²) in [6, 6.07) is 5.93. The van der Waals surface area contributed by atoms with Crippen molar-refractivity contribution in [1.29, 1.82) is 0 Å². The summed E-state index contributed by atoms with van der Waals surface area (Å²) in [5.74, 6) is 1.50. The van der Waals surface area contributed by atoms with Crippen molar-refractivity contribution < 1.29 is 9.53 Å². The van der Waals surface area contributed by atoms with Crippen molar-refractivity contribution in [2.45, 2.75) is 58.6 Å². The summed E-state index contributed by atoms with van der Waals surface area (Å²) in [7, 11) is 0. The van der Waals surface area contributed by atoms with Crippen molar-refractivity contribution in [2.75, 3.05) is 0 Å². The van der Waals surface area contributed by atoms with E-state index >= 15 is 0 Å². The molecule has 0 saturated heterocycles. The van der Waals surface area contributed by atoms with Crippen LogP contribution in [0.5, 0.6) is 5.75 Å². The second-order valence-corrected chi connectivity index (χ2v) is 9.60. The van der Waals surface area contributed by atoms with Crippen molar-refractivity contribution in [3.63, 3.8) is 0 Å². The van der Waals surface area contributed by atoms with Crippen LogP contribution in [0.4, 0.5) is 0 Å². The number of nitrogens with zero attached hydrogens (tertiary/aromatic N) is 4. The summed E-state index contributed by atoms with van der Waals surface area (Å²) in [6.45, 7) is 6.48. The molecule has 0 spiro atoms. The quantitative estimate of drug-likeness (QED) is 0.681. The van der Waals surface area contributed by atoms with E-state index in [0.717, 1.165) is 41.8 Å². The summed E-state index contributed by atoms with van der Waals surface area (Å²) < 4.78 is 5.77. The van der Waals surface area contributed by atoms with Crippen LogP contribution >= 0.6 is 0 Å². The van der Waals surface area contributed by atoms with E-state index in [4.69, 9.17) is 9.72 Å². The molecular formula is C25H27N5O2. The van der Waals surface area contributed by atoms with Crippen LogP contribution in [0.2, 0.25) is 0 Å². The second kappa shape index (κ2) is 7.97. The van der Waals surface area contributed by atoms with E-state index in [1.54, 1.807) is 18.6 Å². The van der Waals surface area contributed by atoms with Gasteiger partial charge in [-0.25, -0.2) is 15.0 Å². The average molecular weight is 430 g/mol. The molecule has 5 rings (SSSR count). The van der Waals surface area contributed by atoms with E-state index in [1.807, 2.05) is 18.3 Å². The number of aromatic nitrogens is 4. The zero-order chi connectivity index (χ0) is 22.3. The van der Waals surface area contributed by atoms with E-state index in [2.05, 4.69) is 47.1 Å². The maximum Gasteiger partial charge on any atom is 0.224 e. The smallest absolute Gasteiger partial charge is 0.224 e. The van der Waals surface area contributed by atoms with Gasteiger partial charge in [0.15, 0.2) is 5.82 Å². The molecule has 0 unspecified atom stereocenters. The minimum atomic E-state index is -0.116. The number of hydrogen-bond acceptors (Lipinski definition) is 6. The van der Waals surface area contributed by atoms with Crippen LogP contribution in [0.15, 0.2) is 43.0 Å². The molecule has 7 heteroatoms. The minimum Gasteiger partial charge on any atom is -0.490 e.